The molecule has 1 atom stereocenters. The van der Waals surface area contributed by atoms with E-state index in [0.717, 1.165) is 18.9 Å². The Labute approximate surface area is 128 Å². The highest BCUT2D eigenvalue weighted by molar-refractivity contribution is 7.89. The summed E-state index contributed by atoms with van der Waals surface area (Å²) in [6, 6.07) is 3.64. The van der Waals surface area contributed by atoms with E-state index in [2.05, 4.69) is 0 Å². The SMILES string of the molecule is COc1ccc(S(N)(=O)=O)cc1C(=O)O[C@@H]1CCCCC1=O. The molecular weight excluding hydrogens is 310 g/mol. The lowest BCUT2D eigenvalue weighted by Crippen LogP contribution is -2.30. The van der Waals surface area contributed by atoms with E-state index in [-0.39, 0.29) is 22.0 Å². The number of Topliss-reactive ketones (excluding diaryl/α,β-unsaturated/α-hetero) is 1. The molecule has 2 N–H and O–H groups in total. The molecule has 8 heteroatoms. The van der Waals surface area contributed by atoms with Gasteiger partial charge in [-0.1, -0.05) is 0 Å². The molecule has 7 nitrogen and oxygen atoms in total. The minimum Gasteiger partial charge on any atom is -0.496 e. The van der Waals surface area contributed by atoms with Crippen LogP contribution in [0.1, 0.15) is 36.0 Å². The van der Waals surface area contributed by atoms with Gasteiger partial charge in [0.15, 0.2) is 11.9 Å². The van der Waals surface area contributed by atoms with Gasteiger partial charge in [0.2, 0.25) is 10.0 Å². The van der Waals surface area contributed by atoms with Gasteiger partial charge in [-0.15, -0.1) is 0 Å². The molecule has 1 aromatic carbocycles. The van der Waals surface area contributed by atoms with Crippen LogP contribution in [-0.4, -0.2) is 33.4 Å². The maximum absolute atomic E-state index is 12.2. The molecule has 0 saturated heterocycles. The average Bonchev–Trinajstić information content (AvgIpc) is 2.48. The number of methoxy groups -OCH3 is 1. The van der Waals surface area contributed by atoms with Gasteiger partial charge in [0.1, 0.15) is 11.3 Å². The fourth-order valence-electron chi connectivity index (χ4n) is 2.29. The van der Waals surface area contributed by atoms with E-state index in [4.69, 9.17) is 14.6 Å². The number of hydrogen-bond acceptors (Lipinski definition) is 6. The van der Waals surface area contributed by atoms with E-state index in [1.165, 1.54) is 19.2 Å². The van der Waals surface area contributed by atoms with Crippen molar-refractivity contribution in [1.82, 2.24) is 0 Å². The van der Waals surface area contributed by atoms with E-state index in [1.54, 1.807) is 0 Å². The van der Waals surface area contributed by atoms with E-state index < -0.39 is 22.1 Å². The number of carbonyl (C=O) groups excluding carboxylic acids is 2. The van der Waals surface area contributed by atoms with Crippen molar-refractivity contribution in [3.8, 4) is 5.75 Å². The molecule has 1 aromatic rings. The van der Waals surface area contributed by atoms with Gasteiger partial charge in [-0.3, -0.25) is 4.79 Å². The maximum atomic E-state index is 12.2. The van der Waals surface area contributed by atoms with Crippen molar-refractivity contribution in [2.75, 3.05) is 7.11 Å². The van der Waals surface area contributed by atoms with Crippen molar-refractivity contribution in [2.24, 2.45) is 5.14 Å². The summed E-state index contributed by atoms with van der Waals surface area (Å²) in [5.41, 5.74) is -0.0765. The Hall–Kier alpha value is -1.93. The molecule has 0 unspecified atom stereocenters. The zero-order valence-corrected chi connectivity index (χ0v) is 12.9. The smallest absolute Gasteiger partial charge is 0.342 e. The van der Waals surface area contributed by atoms with Crippen LogP contribution in [0, 0.1) is 0 Å². The lowest BCUT2D eigenvalue weighted by Gasteiger charge is -2.21. The van der Waals surface area contributed by atoms with Crippen molar-refractivity contribution in [3.63, 3.8) is 0 Å². The molecule has 0 spiro atoms. The fraction of sp³-hybridized carbons (Fsp3) is 0.429. The highest BCUT2D eigenvalue weighted by atomic mass is 32.2. The van der Waals surface area contributed by atoms with Crippen LogP contribution in [0.25, 0.3) is 0 Å². The Morgan fingerprint density at radius 3 is 2.64 bits per heavy atom. The number of nitrogens with two attached hydrogens (primary N) is 1. The highest BCUT2D eigenvalue weighted by Crippen LogP contribution is 2.25. The third-order valence-electron chi connectivity index (χ3n) is 3.47. The Kier molecular flexibility index (Phi) is 4.82. The van der Waals surface area contributed by atoms with Gasteiger partial charge >= 0.3 is 5.97 Å². The van der Waals surface area contributed by atoms with Crippen LogP contribution in [0.4, 0.5) is 0 Å². The van der Waals surface area contributed by atoms with E-state index in [1.807, 2.05) is 0 Å². The lowest BCUT2D eigenvalue weighted by molar-refractivity contribution is -0.129. The lowest BCUT2D eigenvalue weighted by atomic mass is 9.96. The topological polar surface area (TPSA) is 113 Å². The van der Waals surface area contributed by atoms with E-state index in [9.17, 15) is 18.0 Å². The zero-order chi connectivity index (χ0) is 16.3. The average molecular weight is 327 g/mol. The van der Waals surface area contributed by atoms with Crippen LogP contribution in [-0.2, 0) is 19.6 Å². The summed E-state index contributed by atoms with van der Waals surface area (Å²) >= 11 is 0. The second kappa shape index (κ2) is 6.45. The van der Waals surface area contributed by atoms with Crippen LogP contribution in [0.5, 0.6) is 5.75 Å². The number of esters is 1. The normalized spacial score (nSPS) is 18.8. The minimum absolute atomic E-state index is 0.0765. The van der Waals surface area contributed by atoms with Gasteiger partial charge in [-0.05, 0) is 37.5 Å². The fourth-order valence-corrected chi connectivity index (χ4v) is 2.83. The van der Waals surface area contributed by atoms with Crippen LogP contribution in [0.2, 0.25) is 0 Å². The van der Waals surface area contributed by atoms with E-state index in [0.29, 0.717) is 12.8 Å². The molecule has 0 aromatic heterocycles. The van der Waals surface area contributed by atoms with Crippen molar-refractivity contribution in [2.45, 2.75) is 36.7 Å². The minimum atomic E-state index is -3.96. The number of benzene rings is 1. The third kappa shape index (κ3) is 3.63. The third-order valence-corrected chi connectivity index (χ3v) is 4.38. The number of ketones is 1. The van der Waals surface area contributed by atoms with Gasteiger partial charge in [0, 0.05) is 6.42 Å². The Morgan fingerprint density at radius 2 is 2.05 bits per heavy atom. The molecular formula is C14H17NO6S. The molecule has 0 amide bonds. The van der Waals surface area contributed by atoms with Crippen molar-refractivity contribution >= 4 is 21.8 Å². The zero-order valence-electron chi connectivity index (χ0n) is 12.1. The predicted octanol–water partition coefficient (Wildman–Crippen LogP) is 1.01. The summed E-state index contributed by atoms with van der Waals surface area (Å²) in [6.45, 7) is 0. The molecule has 0 heterocycles. The summed E-state index contributed by atoms with van der Waals surface area (Å²) in [6.07, 6.45) is 1.66. The summed E-state index contributed by atoms with van der Waals surface area (Å²) in [5.74, 6) is -0.774. The Bertz CT molecular complexity index is 697. The van der Waals surface area contributed by atoms with Crippen LogP contribution in [0.15, 0.2) is 23.1 Å². The van der Waals surface area contributed by atoms with E-state index >= 15 is 0 Å². The van der Waals surface area contributed by atoms with Gasteiger partial charge in [-0.2, -0.15) is 0 Å². The van der Waals surface area contributed by atoms with Crippen LogP contribution in [0.3, 0.4) is 0 Å². The van der Waals surface area contributed by atoms with Crippen LogP contribution >= 0.6 is 0 Å². The first-order valence-electron chi connectivity index (χ1n) is 6.77. The number of ether oxygens (including phenoxy) is 2. The van der Waals surface area contributed by atoms with Crippen molar-refractivity contribution in [3.05, 3.63) is 23.8 Å². The van der Waals surface area contributed by atoms with Crippen molar-refractivity contribution < 1.29 is 27.5 Å². The highest BCUT2D eigenvalue weighted by Gasteiger charge is 2.28. The van der Waals surface area contributed by atoms with Gasteiger partial charge < -0.3 is 9.47 Å². The standard InChI is InChI=1S/C14H17NO6S/c1-20-12-7-6-9(22(15,18)19)8-10(12)14(17)21-13-5-3-2-4-11(13)16/h6-8,13H,2-5H2,1H3,(H2,15,18,19)/t13-/m1/s1. The number of sulfonamides is 1. The largest absolute Gasteiger partial charge is 0.496 e. The molecule has 1 aliphatic carbocycles. The number of primary sulfonamides is 1. The number of rotatable bonds is 4. The molecule has 120 valence electrons. The van der Waals surface area contributed by atoms with Gasteiger partial charge in [-0.25, -0.2) is 18.4 Å². The molecule has 2 rings (SSSR count). The van der Waals surface area contributed by atoms with Crippen molar-refractivity contribution in [1.29, 1.82) is 0 Å². The first kappa shape index (κ1) is 16.4. The number of carbonyl (C=O) groups is 2. The molecule has 0 radical (unpaired) electrons. The predicted molar refractivity (Wildman–Crippen MR) is 77.0 cm³/mol. The maximum Gasteiger partial charge on any atom is 0.342 e. The molecule has 1 aliphatic rings. The summed E-state index contributed by atoms with van der Waals surface area (Å²) in [7, 11) is -2.62. The summed E-state index contributed by atoms with van der Waals surface area (Å²) in [5, 5.41) is 5.05. The number of hydrogen-bond donors (Lipinski definition) is 1. The quantitative estimate of drug-likeness (QED) is 0.826. The second-order valence-electron chi connectivity index (χ2n) is 5.01. The second-order valence-corrected chi connectivity index (χ2v) is 6.57. The first-order valence-corrected chi connectivity index (χ1v) is 8.32. The summed E-state index contributed by atoms with van der Waals surface area (Å²) in [4.78, 5) is 23.7. The van der Waals surface area contributed by atoms with Gasteiger partial charge in [0.25, 0.3) is 0 Å². The Morgan fingerprint density at radius 1 is 1.32 bits per heavy atom. The molecule has 1 fully saturated rings. The molecule has 0 aliphatic heterocycles. The molecule has 22 heavy (non-hydrogen) atoms. The first-order chi connectivity index (χ1) is 10.3. The summed E-state index contributed by atoms with van der Waals surface area (Å²) < 4.78 is 33.0. The Balaban J connectivity index is 2.29. The van der Waals surface area contributed by atoms with Crippen LogP contribution < -0.4 is 9.88 Å². The monoisotopic (exact) mass is 327 g/mol. The molecule has 1 saturated carbocycles. The van der Waals surface area contributed by atoms with Gasteiger partial charge in [0.05, 0.1) is 12.0 Å². The molecule has 0 bridgehead atoms.